The number of ketones is 1. The molecule has 0 saturated carbocycles. The van der Waals surface area contributed by atoms with Gasteiger partial charge in [-0.2, -0.15) is 0 Å². The normalized spacial score (nSPS) is 18.6. The summed E-state index contributed by atoms with van der Waals surface area (Å²) < 4.78 is 13.3. The second-order valence-corrected chi connectivity index (χ2v) is 6.94. The van der Waals surface area contributed by atoms with E-state index in [9.17, 15) is 19.1 Å². The van der Waals surface area contributed by atoms with Crippen LogP contribution in [0, 0.1) is 5.82 Å². The molecule has 1 fully saturated rings. The molecule has 0 aliphatic carbocycles. The summed E-state index contributed by atoms with van der Waals surface area (Å²) in [6.45, 7) is 6.76. The summed E-state index contributed by atoms with van der Waals surface area (Å²) in [6, 6.07) is 13.7. The Morgan fingerprint density at radius 1 is 1.03 bits per heavy atom. The number of carbonyl (C=O) groups is 2. The van der Waals surface area contributed by atoms with E-state index in [1.54, 1.807) is 0 Å². The Labute approximate surface area is 170 Å². The van der Waals surface area contributed by atoms with Crippen molar-refractivity contribution in [2.75, 3.05) is 26.2 Å². The molecule has 0 bridgehead atoms. The van der Waals surface area contributed by atoms with Gasteiger partial charge in [-0.15, -0.1) is 0 Å². The Balaban J connectivity index is 2.06. The zero-order valence-corrected chi connectivity index (χ0v) is 16.6. The molecule has 2 aromatic rings. The number of carbonyl (C=O) groups excluding carboxylic acids is 2. The molecule has 1 atom stereocenters. The molecule has 0 radical (unpaired) electrons. The van der Waals surface area contributed by atoms with E-state index in [-0.39, 0.29) is 11.3 Å². The molecular formula is C23H25FN2O3. The van der Waals surface area contributed by atoms with Crippen molar-refractivity contribution in [1.29, 1.82) is 0 Å². The third kappa shape index (κ3) is 4.22. The minimum Gasteiger partial charge on any atom is -0.507 e. The molecule has 1 amide bonds. The fraction of sp³-hybridized carbons (Fsp3) is 0.304. The topological polar surface area (TPSA) is 60.9 Å². The van der Waals surface area contributed by atoms with Gasteiger partial charge in [-0.05, 0) is 42.9 Å². The van der Waals surface area contributed by atoms with Crippen LogP contribution in [0.4, 0.5) is 4.39 Å². The summed E-state index contributed by atoms with van der Waals surface area (Å²) in [5.74, 6) is -2.08. The van der Waals surface area contributed by atoms with Crippen LogP contribution in [0.5, 0.6) is 0 Å². The molecule has 152 valence electrons. The smallest absolute Gasteiger partial charge is 0.295 e. The predicted molar refractivity (Wildman–Crippen MR) is 110 cm³/mol. The molecule has 1 aliphatic rings. The lowest BCUT2D eigenvalue weighted by Crippen LogP contribution is -2.38. The first kappa shape index (κ1) is 20.7. The molecular weight excluding hydrogens is 371 g/mol. The van der Waals surface area contributed by atoms with Crippen molar-refractivity contribution in [3.8, 4) is 0 Å². The number of amides is 1. The lowest BCUT2D eigenvalue weighted by atomic mass is 9.95. The van der Waals surface area contributed by atoms with Gasteiger partial charge in [-0.25, -0.2) is 4.39 Å². The van der Waals surface area contributed by atoms with Gasteiger partial charge in [-0.3, -0.25) is 9.59 Å². The van der Waals surface area contributed by atoms with Gasteiger partial charge >= 0.3 is 0 Å². The van der Waals surface area contributed by atoms with Crippen LogP contribution in [0.2, 0.25) is 0 Å². The number of rotatable bonds is 7. The van der Waals surface area contributed by atoms with Crippen LogP contribution in [0.1, 0.15) is 31.0 Å². The minimum atomic E-state index is -0.722. The summed E-state index contributed by atoms with van der Waals surface area (Å²) in [4.78, 5) is 29.4. The van der Waals surface area contributed by atoms with Crippen molar-refractivity contribution in [1.82, 2.24) is 9.80 Å². The van der Waals surface area contributed by atoms with Gasteiger partial charge in [0.1, 0.15) is 11.6 Å². The Bertz CT molecular complexity index is 905. The van der Waals surface area contributed by atoms with Crippen molar-refractivity contribution in [2.24, 2.45) is 0 Å². The minimum absolute atomic E-state index is 0.0346. The van der Waals surface area contributed by atoms with Crippen LogP contribution in [-0.4, -0.2) is 52.8 Å². The lowest BCUT2D eigenvalue weighted by Gasteiger charge is -2.28. The van der Waals surface area contributed by atoms with Crippen molar-refractivity contribution in [2.45, 2.75) is 19.9 Å². The van der Waals surface area contributed by atoms with E-state index in [1.807, 2.05) is 44.2 Å². The molecule has 3 rings (SSSR count). The maximum atomic E-state index is 13.3. The molecule has 0 spiro atoms. The Hall–Kier alpha value is -2.99. The summed E-state index contributed by atoms with van der Waals surface area (Å²) in [5, 5.41) is 10.9. The number of likely N-dealkylation sites (N-methyl/N-ethyl adjacent to an activating group) is 1. The van der Waals surface area contributed by atoms with E-state index in [0.717, 1.165) is 18.7 Å². The van der Waals surface area contributed by atoms with Crippen molar-refractivity contribution < 1.29 is 19.1 Å². The molecule has 5 nitrogen and oxygen atoms in total. The maximum Gasteiger partial charge on any atom is 0.295 e. The maximum absolute atomic E-state index is 13.3. The van der Waals surface area contributed by atoms with Gasteiger partial charge in [0, 0.05) is 18.7 Å². The van der Waals surface area contributed by atoms with E-state index in [1.165, 1.54) is 29.2 Å². The standard InChI is InChI=1S/C23H25FN2O3/c1-3-25(4-2)14-15-26-20(16-8-6-5-7-9-16)19(22(28)23(26)29)21(27)17-10-12-18(24)13-11-17/h5-13,20,27H,3-4,14-15H2,1-2H3/b21-19+/t20-/m1/s1. The Kier molecular flexibility index (Phi) is 6.44. The molecule has 0 aromatic heterocycles. The second-order valence-electron chi connectivity index (χ2n) is 6.94. The molecule has 2 aromatic carbocycles. The van der Waals surface area contributed by atoms with Crippen LogP contribution in [0.15, 0.2) is 60.2 Å². The fourth-order valence-corrected chi connectivity index (χ4v) is 3.64. The molecule has 1 heterocycles. The Morgan fingerprint density at radius 2 is 1.66 bits per heavy atom. The fourth-order valence-electron chi connectivity index (χ4n) is 3.64. The summed E-state index contributed by atoms with van der Waals surface area (Å²) in [7, 11) is 0. The van der Waals surface area contributed by atoms with E-state index in [2.05, 4.69) is 4.90 Å². The van der Waals surface area contributed by atoms with Gasteiger partial charge in [0.2, 0.25) is 0 Å². The molecule has 29 heavy (non-hydrogen) atoms. The highest BCUT2D eigenvalue weighted by Gasteiger charge is 2.45. The van der Waals surface area contributed by atoms with Crippen LogP contribution in [-0.2, 0) is 9.59 Å². The van der Waals surface area contributed by atoms with Gasteiger partial charge in [0.25, 0.3) is 11.7 Å². The highest BCUT2D eigenvalue weighted by atomic mass is 19.1. The molecule has 1 N–H and O–H groups in total. The second kappa shape index (κ2) is 9.01. The average molecular weight is 396 g/mol. The van der Waals surface area contributed by atoms with Crippen LogP contribution < -0.4 is 0 Å². The zero-order valence-electron chi connectivity index (χ0n) is 16.6. The van der Waals surface area contributed by atoms with E-state index in [4.69, 9.17) is 0 Å². The van der Waals surface area contributed by atoms with Crippen LogP contribution in [0.3, 0.4) is 0 Å². The first-order valence-electron chi connectivity index (χ1n) is 9.79. The van der Waals surface area contributed by atoms with Crippen molar-refractivity contribution in [3.05, 3.63) is 77.1 Å². The highest BCUT2D eigenvalue weighted by molar-refractivity contribution is 6.46. The van der Waals surface area contributed by atoms with Gasteiger partial charge in [0.05, 0.1) is 11.6 Å². The first-order chi connectivity index (χ1) is 14.0. The predicted octanol–water partition coefficient (Wildman–Crippen LogP) is 3.59. The van der Waals surface area contributed by atoms with Crippen LogP contribution in [0.25, 0.3) is 5.76 Å². The summed E-state index contributed by atoms with van der Waals surface area (Å²) >= 11 is 0. The van der Waals surface area contributed by atoms with Crippen LogP contribution >= 0.6 is 0 Å². The van der Waals surface area contributed by atoms with Crippen molar-refractivity contribution >= 4 is 17.4 Å². The number of aliphatic hydroxyl groups excluding tert-OH is 1. The van der Waals surface area contributed by atoms with E-state index < -0.39 is 23.5 Å². The molecule has 1 aliphatic heterocycles. The molecule has 6 heteroatoms. The summed E-state index contributed by atoms with van der Waals surface area (Å²) in [6.07, 6.45) is 0. The van der Waals surface area contributed by atoms with Gasteiger partial charge in [0.15, 0.2) is 0 Å². The monoisotopic (exact) mass is 396 g/mol. The average Bonchev–Trinajstić information content (AvgIpc) is 3.00. The number of benzene rings is 2. The van der Waals surface area contributed by atoms with E-state index in [0.29, 0.717) is 18.7 Å². The number of hydrogen-bond acceptors (Lipinski definition) is 4. The van der Waals surface area contributed by atoms with Gasteiger partial charge in [-0.1, -0.05) is 44.2 Å². The number of hydrogen-bond donors (Lipinski definition) is 1. The number of Topliss-reactive ketones (excluding diaryl/α,β-unsaturated/α-hetero) is 1. The SMILES string of the molecule is CCN(CC)CCN1C(=O)C(=O)/C(=C(/O)c2ccc(F)cc2)[C@H]1c1ccccc1. The number of likely N-dealkylation sites (tertiary alicyclic amines) is 1. The first-order valence-corrected chi connectivity index (χ1v) is 9.79. The lowest BCUT2D eigenvalue weighted by molar-refractivity contribution is -0.140. The molecule has 0 unspecified atom stereocenters. The third-order valence-electron chi connectivity index (χ3n) is 5.32. The quantitative estimate of drug-likeness (QED) is 0.441. The van der Waals surface area contributed by atoms with E-state index >= 15 is 0 Å². The highest BCUT2D eigenvalue weighted by Crippen LogP contribution is 2.39. The number of halogens is 1. The zero-order chi connectivity index (χ0) is 21.0. The number of aliphatic hydroxyl groups is 1. The Morgan fingerprint density at radius 3 is 2.24 bits per heavy atom. The summed E-state index contributed by atoms with van der Waals surface area (Å²) in [5.41, 5.74) is 1.08. The van der Waals surface area contributed by atoms with Crippen molar-refractivity contribution in [3.63, 3.8) is 0 Å². The third-order valence-corrected chi connectivity index (χ3v) is 5.32. The largest absolute Gasteiger partial charge is 0.507 e. The number of nitrogens with zero attached hydrogens (tertiary/aromatic N) is 2. The van der Waals surface area contributed by atoms with Gasteiger partial charge < -0.3 is 14.9 Å². The molecule has 1 saturated heterocycles.